The molecule has 5 rings (SSSR count). The average Bonchev–Trinajstić information content (AvgIpc) is 3.36. The molecule has 14 heteroatoms. The van der Waals surface area contributed by atoms with Gasteiger partial charge in [0.25, 0.3) is 0 Å². The van der Waals surface area contributed by atoms with Crippen molar-refractivity contribution in [3.8, 4) is 17.2 Å². The maximum atomic E-state index is 14.0. The molecule has 0 saturated heterocycles. The smallest absolute Gasteiger partial charge is 0.412 e. The van der Waals surface area contributed by atoms with Gasteiger partial charge in [0, 0.05) is 30.9 Å². The second-order valence-corrected chi connectivity index (χ2v) is 11.0. The molecule has 46 heavy (non-hydrogen) atoms. The summed E-state index contributed by atoms with van der Waals surface area (Å²) in [6.45, 7) is -0.777. The van der Waals surface area contributed by atoms with Gasteiger partial charge in [-0.2, -0.15) is 4.39 Å². The molecule has 2 amide bonds. The van der Waals surface area contributed by atoms with Crippen molar-refractivity contribution in [2.75, 3.05) is 13.7 Å². The van der Waals surface area contributed by atoms with Gasteiger partial charge in [-0.25, -0.2) is 9.18 Å². The molecular weight excluding hydrogens is 608 g/mol. The van der Waals surface area contributed by atoms with Crippen LogP contribution >= 0.6 is 0 Å². The summed E-state index contributed by atoms with van der Waals surface area (Å²) in [6, 6.07) is 9.20. The number of amides is 2. The molecule has 3 aromatic rings. The van der Waals surface area contributed by atoms with Gasteiger partial charge in [-0.15, -0.1) is 0 Å². The number of ketones is 2. The van der Waals surface area contributed by atoms with Crippen molar-refractivity contribution in [1.29, 1.82) is 0 Å². The summed E-state index contributed by atoms with van der Waals surface area (Å²) in [4.78, 5) is 64.3. The Labute approximate surface area is 261 Å². The Hall–Kier alpha value is -5.27. The average molecular weight is 640 g/mol. The van der Waals surface area contributed by atoms with Crippen LogP contribution in [0.2, 0.25) is 0 Å². The lowest BCUT2D eigenvalue weighted by atomic mass is 9.79. The van der Waals surface area contributed by atoms with Crippen LogP contribution in [-0.4, -0.2) is 65.0 Å². The summed E-state index contributed by atoms with van der Waals surface area (Å²) < 4.78 is 44.8. The Bertz CT molecular complexity index is 1660. The van der Waals surface area contributed by atoms with E-state index >= 15 is 0 Å². The zero-order valence-electron chi connectivity index (χ0n) is 24.7. The number of nitrogens with one attached hydrogen (secondary N) is 2. The molecule has 4 unspecified atom stereocenters. The highest BCUT2D eigenvalue weighted by Gasteiger charge is 2.43. The van der Waals surface area contributed by atoms with Crippen molar-refractivity contribution in [2.24, 2.45) is 5.92 Å². The number of carbonyl (C=O) groups is 5. The first kappa shape index (κ1) is 32.1. The van der Waals surface area contributed by atoms with E-state index in [1.807, 2.05) is 6.07 Å². The molecule has 1 aromatic heterocycles. The number of aromatic nitrogens is 1. The molecule has 1 aliphatic heterocycles. The zero-order chi connectivity index (χ0) is 33.0. The molecule has 12 nitrogen and oxygen atoms in total. The first-order valence-electron chi connectivity index (χ1n) is 14.5. The molecule has 1 aliphatic carbocycles. The summed E-state index contributed by atoms with van der Waals surface area (Å²) in [5.41, 5.74) is 1.58. The standard InChI is InChI=1S/C32H31F2N3O9/c1-44-19-6-8-20(9-7-19)46-32(43)36-22-10-5-17-11-12-37-15-18(13-24(38)28(22)30(17)37)31(42)35-23(14-27(40)41)25(39)16-45-26-4-2-3-21(33)29(26)34/h2-4,6-9,11-12,18,22-23,28H,5,10,13-16H2,1H3,(H,35,42)(H,36,43)(H,40,41). The van der Waals surface area contributed by atoms with Crippen molar-refractivity contribution in [2.45, 2.75) is 50.2 Å². The fraction of sp³-hybridized carbons (Fsp3) is 0.344. The molecule has 0 fully saturated rings. The van der Waals surface area contributed by atoms with E-state index in [2.05, 4.69) is 10.6 Å². The highest BCUT2D eigenvalue weighted by atomic mass is 19.2. The SMILES string of the molecule is COc1ccc(OC(=O)NC2CCc3ccn4c3C2C(=O)CC(C(=O)NC(CC(=O)O)C(=O)COc2cccc(F)c2F)C4)cc1. The number of methoxy groups -OCH3 is 1. The first-order valence-corrected chi connectivity index (χ1v) is 14.5. The van der Waals surface area contributed by atoms with Gasteiger partial charge < -0.3 is 34.5 Å². The predicted octanol–water partition coefficient (Wildman–Crippen LogP) is 3.16. The van der Waals surface area contributed by atoms with Crippen LogP contribution in [-0.2, 0) is 32.1 Å². The van der Waals surface area contributed by atoms with Crippen molar-refractivity contribution >= 4 is 29.5 Å². The van der Waals surface area contributed by atoms with E-state index in [4.69, 9.17) is 14.2 Å². The lowest BCUT2D eigenvalue weighted by molar-refractivity contribution is -0.141. The number of halogens is 2. The number of hydrogen-bond donors (Lipinski definition) is 3. The normalized spacial score (nSPS) is 19.2. The second-order valence-electron chi connectivity index (χ2n) is 11.0. The van der Waals surface area contributed by atoms with Crippen LogP contribution in [0, 0.1) is 17.6 Å². The number of benzene rings is 2. The summed E-state index contributed by atoms with van der Waals surface area (Å²) in [5, 5.41) is 14.6. The quantitative estimate of drug-likeness (QED) is 0.286. The van der Waals surface area contributed by atoms with Gasteiger partial charge >= 0.3 is 12.1 Å². The minimum atomic E-state index is -1.56. The molecule has 2 aliphatic rings. The van der Waals surface area contributed by atoms with Crippen LogP contribution in [0.25, 0.3) is 0 Å². The Morgan fingerprint density at radius 2 is 1.80 bits per heavy atom. The van der Waals surface area contributed by atoms with E-state index in [1.165, 1.54) is 13.2 Å². The van der Waals surface area contributed by atoms with Crippen LogP contribution in [0.5, 0.6) is 17.2 Å². The fourth-order valence-corrected chi connectivity index (χ4v) is 5.81. The molecule has 2 aromatic carbocycles. The Morgan fingerprint density at radius 3 is 2.52 bits per heavy atom. The molecule has 0 spiro atoms. The lowest BCUT2D eigenvalue weighted by Gasteiger charge is -2.31. The van der Waals surface area contributed by atoms with E-state index in [0.717, 1.165) is 17.7 Å². The summed E-state index contributed by atoms with van der Waals surface area (Å²) >= 11 is 0. The van der Waals surface area contributed by atoms with Gasteiger partial charge in [-0.1, -0.05) is 6.07 Å². The topological polar surface area (TPSA) is 162 Å². The van der Waals surface area contributed by atoms with E-state index < -0.39 is 78.1 Å². The number of carboxylic acid groups (broad SMARTS) is 1. The molecule has 0 radical (unpaired) electrons. The Balaban J connectivity index is 1.27. The first-order chi connectivity index (χ1) is 22.0. The fourth-order valence-electron chi connectivity index (χ4n) is 5.81. The predicted molar refractivity (Wildman–Crippen MR) is 156 cm³/mol. The van der Waals surface area contributed by atoms with Crippen molar-refractivity contribution in [1.82, 2.24) is 15.2 Å². The van der Waals surface area contributed by atoms with Gasteiger partial charge in [0.2, 0.25) is 11.7 Å². The van der Waals surface area contributed by atoms with E-state index in [1.54, 1.807) is 35.0 Å². The zero-order valence-corrected chi connectivity index (χ0v) is 24.7. The van der Waals surface area contributed by atoms with Gasteiger partial charge in [-0.05, 0) is 60.9 Å². The number of ether oxygens (including phenoxy) is 3. The third-order valence-corrected chi connectivity index (χ3v) is 8.04. The highest BCUT2D eigenvalue weighted by molar-refractivity contribution is 5.96. The van der Waals surface area contributed by atoms with Gasteiger partial charge in [-0.3, -0.25) is 19.2 Å². The molecule has 2 heterocycles. The number of hydrogen-bond acceptors (Lipinski definition) is 8. The maximum Gasteiger partial charge on any atom is 0.412 e. The molecular formula is C32H31F2N3O9. The summed E-state index contributed by atoms with van der Waals surface area (Å²) in [7, 11) is 1.51. The monoisotopic (exact) mass is 639 g/mol. The van der Waals surface area contributed by atoms with Crippen LogP contribution in [0.4, 0.5) is 13.6 Å². The third-order valence-electron chi connectivity index (χ3n) is 8.04. The molecule has 3 N–H and O–H groups in total. The highest BCUT2D eigenvalue weighted by Crippen LogP contribution is 2.38. The van der Waals surface area contributed by atoms with Crippen molar-refractivity contribution in [3.05, 3.63) is 77.6 Å². The number of nitrogens with zero attached hydrogens (tertiary/aromatic N) is 1. The van der Waals surface area contributed by atoms with Gasteiger partial charge in [0.05, 0.1) is 25.4 Å². The Kier molecular flexibility index (Phi) is 9.64. The lowest BCUT2D eigenvalue weighted by Crippen LogP contribution is -2.47. The molecule has 242 valence electrons. The maximum absolute atomic E-state index is 14.0. The largest absolute Gasteiger partial charge is 0.497 e. The van der Waals surface area contributed by atoms with E-state index in [9.17, 15) is 37.9 Å². The van der Waals surface area contributed by atoms with Crippen LogP contribution in [0.15, 0.2) is 54.7 Å². The van der Waals surface area contributed by atoms with Crippen molar-refractivity contribution < 1.29 is 52.1 Å². The number of rotatable bonds is 11. The third kappa shape index (κ3) is 7.16. The van der Waals surface area contributed by atoms with Gasteiger partial charge in [0.1, 0.15) is 29.9 Å². The number of Topliss-reactive ketones (excluding diaryl/α,β-unsaturated/α-hetero) is 2. The summed E-state index contributed by atoms with van der Waals surface area (Å²) in [5.74, 6) is -7.30. The number of carboxylic acids is 1. The summed E-state index contributed by atoms with van der Waals surface area (Å²) in [6.07, 6.45) is 0.960. The number of carbonyl (C=O) groups excluding carboxylic acids is 4. The van der Waals surface area contributed by atoms with Gasteiger partial charge in [0.15, 0.2) is 17.3 Å². The number of aryl methyl sites for hydroxylation is 1. The van der Waals surface area contributed by atoms with Crippen LogP contribution in [0.3, 0.4) is 0 Å². The van der Waals surface area contributed by atoms with Crippen LogP contribution < -0.4 is 24.8 Å². The molecule has 0 saturated carbocycles. The minimum absolute atomic E-state index is 0.0609. The van der Waals surface area contributed by atoms with Crippen molar-refractivity contribution in [3.63, 3.8) is 0 Å². The Morgan fingerprint density at radius 1 is 1.07 bits per heavy atom. The molecule has 4 atom stereocenters. The van der Waals surface area contributed by atoms with E-state index in [-0.39, 0.29) is 24.5 Å². The second kappa shape index (κ2) is 13.8. The van der Waals surface area contributed by atoms with E-state index in [0.29, 0.717) is 24.3 Å². The number of aliphatic carboxylic acids is 1. The van der Waals surface area contributed by atoms with Crippen LogP contribution in [0.1, 0.15) is 36.4 Å². The minimum Gasteiger partial charge on any atom is -0.497 e. The molecule has 0 bridgehead atoms.